The molecule has 2 aromatic carbocycles. The van der Waals surface area contributed by atoms with E-state index in [9.17, 15) is 9.90 Å². The quantitative estimate of drug-likeness (QED) is 0.916. The highest BCUT2D eigenvalue weighted by molar-refractivity contribution is 5.94. The number of phenolic OH excluding ortho intramolecular Hbond substituents is 1. The molecule has 0 spiro atoms. The van der Waals surface area contributed by atoms with Gasteiger partial charge in [0.1, 0.15) is 5.75 Å². The zero-order valence-corrected chi connectivity index (χ0v) is 11.1. The molecular formula is C16H17NO2. The van der Waals surface area contributed by atoms with Crippen LogP contribution in [-0.2, 0) is 6.54 Å². The van der Waals surface area contributed by atoms with Gasteiger partial charge in [-0.15, -0.1) is 0 Å². The second-order valence-electron chi connectivity index (χ2n) is 4.65. The van der Waals surface area contributed by atoms with Crippen LogP contribution in [0.2, 0.25) is 0 Å². The molecule has 3 heteroatoms. The number of aromatic hydroxyl groups is 1. The van der Waals surface area contributed by atoms with Crippen LogP contribution in [0.15, 0.2) is 48.5 Å². The second kappa shape index (κ2) is 5.57. The number of rotatable bonds is 3. The summed E-state index contributed by atoms with van der Waals surface area (Å²) in [6, 6.07) is 14.8. The molecule has 1 amide bonds. The van der Waals surface area contributed by atoms with Crippen LogP contribution >= 0.6 is 0 Å². The van der Waals surface area contributed by atoms with Crippen molar-refractivity contribution in [1.82, 2.24) is 4.90 Å². The lowest BCUT2D eigenvalue weighted by Crippen LogP contribution is -2.26. The van der Waals surface area contributed by atoms with Crippen LogP contribution in [0.25, 0.3) is 0 Å². The van der Waals surface area contributed by atoms with Crippen molar-refractivity contribution in [3.8, 4) is 5.75 Å². The summed E-state index contributed by atoms with van der Waals surface area (Å²) in [5.74, 6) is 0.0538. The number of nitrogens with zero attached hydrogens (tertiary/aromatic N) is 1. The fourth-order valence-corrected chi connectivity index (χ4v) is 1.89. The lowest BCUT2D eigenvalue weighted by molar-refractivity contribution is 0.0784. The maximum atomic E-state index is 12.2. The third-order valence-electron chi connectivity index (χ3n) is 3.07. The highest BCUT2D eigenvalue weighted by atomic mass is 16.3. The molecule has 0 fully saturated rings. The minimum absolute atomic E-state index is 0.0980. The second-order valence-corrected chi connectivity index (χ2v) is 4.65. The van der Waals surface area contributed by atoms with Crippen molar-refractivity contribution in [3.05, 3.63) is 65.2 Å². The average Bonchev–Trinajstić information content (AvgIpc) is 2.42. The van der Waals surface area contributed by atoms with E-state index >= 15 is 0 Å². The Bertz CT molecular complexity index is 579. The number of aryl methyl sites for hydroxylation is 1. The summed E-state index contributed by atoms with van der Waals surface area (Å²) in [4.78, 5) is 13.9. The molecule has 0 unspecified atom stereocenters. The molecular weight excluding hydrogens is 238 g/mol. The predicted molar refractivity (Wildman–Crippen MR) is 75.1 cm³/mol. The molecule has 2 aromatic rings. The molecule has 0 atom stereocenters. The molecule has 0 aliphatic rings. The van der Waals surface area contributed by atoms with Gasteiger partial charge in [0.2, 0.25) is 0 Å². The van der Waals surface area contributed by atoms with Crippen molar-refractivity contribution in [2.24, 2.45) is 0 Å². The van der Waals surface area contributed by atoms with Gasteiger partial charge < -0.3 is 10.0 Å². The van der Waals surface area contributed by atoms with Crippen LogP contribution < -0.4 is 0 Å². The highest BCUT2D eigenvalue weighted by Gasteiger charge is 2.13. The molecule has 98 valence electrons. The summed E-state index contributed by atoms with van der Waals surface area (Å²) in [7, 11) is 1.76. The van der Waals surface area contributed by atoms with Gasteiger partial charge in [-0.25, -0.2) is 0 Å². The summed E-state index contributed by atoms with van der Waals surface area (Å²) < 4.78 is 0. The van der Waals surface area contributed by atoms with Crippen molar-refractivity contribution >= 4 is 5.91 Å². The number of hydrogen-bond donors (Lipinski definition) is 1. The van der Waals surface area contributed by atoms with Crippen molar-refractivity contribution in [3.63, 3.8) is 0 Å². The van der Waals surface area contributed by atoms with Crippen molar-refractivity contribution in [2.45, 2.75) is 13.5 Å². The monoisotopic (exact) mass is 255 g/mol. The zero-order valence-electron chi connectivity index (χ0n) is 11.1. The van der Waals surface area contributed by atoms with Gasteiger partial charge in [-0.2, -0.15) is 0 Å². The van der Waals surface area contributed by atoms with Gasteiger partial charge in [0.15, 0.2) is 0 Å². The van der Waals surface area contributed by atoms with Gasteiger partial charge in [0.05, 0.1) is 0 Å². The van der Waals surface area contributed by atoms with Crippen molar-refractivity contribution in [2.75, 3.05) is 7.05 Å². The Kier molecular flexibility index (Phi) is 3.85. The van der Waals surface area contributed by atoms with E-state index in [1.54, 1.807) is 31.0 Å². The van der Waals surface area contributed by atoms with Crippen LogP contribution in [0.4, 0.5) is 0 Å². The molecule has 3 nitrogen and oxygen atoms in total. The number of hydrogen-bond acceptors (Lipinski definition) is 2. The first-order valence-corrected chi connectivity index (χ1v) is 6.17. The minimum Gasteiger partial charge on any atom is -0.508 e. The molecule has 0 heterocycles. The van der Waals surface area contributed by atoms with Crippen LogP contribution in [0, 0.1) is 6.92 Å². The predicted octanol–water partition coefficient (Wildman–Crippen LogP) is 2.97. The summed E-state index contributed by atoms with van der Waals surface area (Å²) >= 11 is 0. The third-order valence-corrected chi connectivity index (χ3v) is 3.07. The van der Waals surface area contributed by atoms with Crippen LogP contribution in [0.5, 0.6) is 5.75 Å². The van der Waals surface area contributed by atoms with E-state index < -0.39 is 0 Å². The highest BCUT2D eigenvalue weighted by Crippen LogP contribution is 2.18. The number of phenols is 1. The Morgan fingerprint density at radius 3 is 2.47 bits per heavy atom. The topological polar surface area (TPSA) is 40.5 Å². The number of amides is 1. The normalized spacial score (nSPS) is 10.2. The molecule has 0 saturated heterocycles. The summed E-state index contributed by atoms with van der Waals surface area (Å²) in [5.41, 5.74) is 2.35. The van der Waals surface area contributed by atoms with Crippen molar-refractivity contribution in [1.29, 1.82) is 0 Å². The maximum Gasteiger partial charge on any atom is 0.254 e. The molecule has 0 aliphatic carbocycles. The smallest absolute Gasteiger partial charge is 0.254 e. The largest absolute Gasteiger partial charge is 0.508 e. The third kappa shape index (κ3) is 3.13. The molecule has 0 aliphatic heterocycles. The molecule has 0 saturated carbocycles. The SMILES string of the molecule is Cc1ccc(C(=O)N(C)Cc2ccccc2)cc1O. The van der Waals surface area contributed by atoms with E-state index in [0.717, 1.165) is 11.1 Å². The molecule has 0 aromatic heterocycles. The van der Waals surface area contributed by atoms with E-state index in [2.05, 4.69) is 0 Å². The van der Waals surface area contributed by atoms with Crippen molar-refractivity contribution < 1.29 is 9.90 Å². The van der Waals surface area contributed by atoms with E-state index in [0.29, 0.717) is 12.1 Å². The molecule has 0 radical (unpaired) electrons. The first-order chi connectivity index (χ1) is 9.08. The Hall–Kier alpha value is -2.29. The number of carbonyl (C=O) groups is 1. The van der Waals surface area contributed by atoms with Gasteiger partial charge in [-0.05, 0) is 30.2 Å². The van der Waals surface area contributed by atoms with Gasteiger partial charge in [0, 0.05) is 19.2 Å². The molecule has 19 heavy (non-hydrogen) atoms. The molecule has 0 bridgehead atoms. The Balaban J connectivity index is 2.12. The Morgan fingerprint density at radius 2 is 1.84 bits per heavy atom. The molecule has 2 rings (SSSR count). The zero-order chi connectivity index (χ0) is 13.8. The van der Waals surface area contributed by atoms with Crippen LogP contribution in [-0.4, -0.2) is 23.0 Å². The van der Waals surface area contributed by atoms with Crippen LogP contribution in [0.3, 0.4) is 0 Å². The van der Waals surface area contributed by atoms with Crippen LogP contribution in [0.1, 0.15) is 21.5 Å². The lowest BCUT2D eigenvalue weighted by atomic mass is 10.1. The lowest BCUT2D eigenvalue weighted by Gasteiger charge is -2.17. The first kappa shape index (κ1) is 13.1. The summed E-state index contributed by atoms with van der Waals surface area (Å²) in [6.45, 7) is 2.35. The Morgan fingerprint density at radius 1 is 1.16 bits per heavy atom. The van der Waals surface area contributed by atoms with E-state index in [1.807, 2.05) is 30.3 Å². The summed E-state index contributed by atoms with van der Waals surface area (Å²) in [6.07, 6.45) is 0. The first-order valence-electron chi connectivity index (χ1n) is 6.17. The maximum absolute atomic E-state index is 12.2. The number of benzene rings is 2. The van der Waals surface area contributed by atoms with Gasteiger partial charge in [-0.3, -0.25) is 4.79 Å². The molecule has 1 N–H and O–H groups in total. The standard InChI is InChI=1S/C16H17NO2/c1-12-8-9-14(10-15(12)18)16(19)17(2)11-13-6-4-3-5-7-13/h3-10,18H,11H2,1-2H3. The summed E-state index contributed by atoms with van der Waals surface area (Å²) in [5, 5.41) is 9.65. The fraction of sp³-hybridized carbons (Fsp3) is 0.188. The van der Waals surface area contributed by atoms with E-state index in [4.69, 9.17) is 0 Å². The van der Waals surface area contributed by atoms with Gasteiger partial charge in [-0.1, -0.05) is 36.4 Å². The Labute approximate surface area is 113 Å². The van der Waals surface area contributed by atoms with E-state index in [1.165, 1.54) is 6.07 Å². The van der Waals surface area contributed by atoms with E-state index in [-0.39, 0.29) is 11.7 Å². The minimum atomic E-state index is -0.0980. The number of carbonyl (C=O) groups excluding carboxylic acids is 1. The fourth-order valence-electron chi connectivity index (χ4n) is 1.89. The van der Waals surface area contributed by atoms with Gasteiger partial charge >= 0.3 is 0 Å². The average molecular weight is 255 g/mol. The van der Waals surface area contributed by atoms with Gasteiger partial charge in [0.25, 0.3) is 5.91 Å².